The lowest BCUT2D eigenvalue weighted by atomic mass is 10.1. The number of carbonyl (C=O) groups excluding carboxylic acids is 2. The van der Waals surface area contributed by atoms with E-state index in [9.17, 15) is 9.59 Å². The largest absolute Gasteiger partial charge is 0.378 e. The van der Waals surface area contributed by atoms with Crippen LogP contribution < -0.4 is 0 Å². The van der Waals surface area contributed by atoms with Crippen LogP contribution in [-0.4, -0.2) is 82.3 Å². The van der Waals surface area contributed by atoms with Gasteiger partial charge in [0.1, 0.15) is 8.07 Å². The number of ether oxygens (including phenoxy) is 2. The lowest BCUT2D eigenvalue weighted by molar-refractivity contribution is -0.135. The Bertz CT molecular complexity index is 1110. The highest BCUT2D eigenvalue weighted by atomic mass is 79.9. The van der Waals surface area contributed by atoms with Gasteiger partial charge >= 0.3 is 0 Å². The zero-order valence-electron chi connectivity index (χ0n) is 22.1. The number of rotatable bonds is 4. The Kier molecular flexibility index (Phi) is 11.4. The first-order valence-electron chi connectivity index (χ1n) is 12.8. The summed E-state index contributed by atoms with van der Waals surface area (Å²) in [6.45, 7) is 12.1. The molecule has 2 heterocycles. The summed E-state index contributed by atoms with van der Waals surface area (Å²) in [4.78, 5) is 27.9. The van der Waals surface area contributed by atoms with Crippen LogP contribution in [0.4, 0.5) is 0 Å². The Morgan fingerprint density at radius 2 is 1.30 bits per heavy atom. The Hall–Kier alpha value is -2.44. The van der Waals surface area contributed by atoms with E-state index in [1.807, 2.05) is 58.3 Å². The molecule has 2 amide bonds. The van der Waals surface area contributed by atoms with Crippen molar-refractivity contribution >= 4 is 35.8 Å². The molecule has 0 aromatic heterocycles. The van der Waals surface area contributed by atoms with Crippen molar-refractivity contribution in [1.29, 1.82) is 0 Å². The summed E-state index contributed by atoms with van der Waals surface area (Å²) in [6.07, 6.45) is 0.919. The number of nitrogens with zero attached hydrogens (tertiary/aromatic N) is 2. The fourth-order valence-corrected chi connectivity index (χ4v) is 4.83. The van der Waals surface area contributed by atoms with E-state index in [1.54, 1.807) is 0 Å². The van der Waals surface area contributed by atoms with E-state index in [-0.39, 0.29) is 11.8 Å². The molecule has 0 saturated carbocycles. The molecule has 2 aliphatic rings. The maximum absolute atomic E-state index is 12.2. The quantitative estimate of drug-likeness (QED) is 0.400. The number of amides is 2. The molecule has 2 fully saturated rings. The molecule has 0 unspecified atom stereocenters. The van der Waals surface area contributed by atoms with Crippen LogP contribution in [0.25, 0.3) is 0 Å². The number of hydrogen-bond donors (Lipinski definition) is 0. The summed E-state index contributed by atoms with van der Waals surface area (Å²) in [5.74, 6) is 3.60. The number of halogens is 1. The summed E-state index contributed by atoms with van der Waals surface area (Å²) in [5.41, 5.74) is 6.45. The van der Waals surface area contributed by atoms with Gasteiger partial charge in [0.25, 0.3) is 0 Å². The highest BCUT2D eigenvalue weighted by Crippen LogP contribution is 2.13. The molecule has 2 aromatic rings. The third-order valence-corrected chi connectivity index (χ3v) is 7.20. The van der Waals surface area contributed by atoms with Crippen molar-refractivity contribution in [3.05, 3.63) is 69.7 Å². The van der Waals surface area contributed by atoms with E-state index < -0.39 is 8.07 Å². The smallest absolute Gasteiger partial charge is 0.227 e. The van der Waals surface area contributed by atoms with Crippen molar-refractivity contribution in [3.8, 4) is 11.5 Å². The maximum Gasteiger partial charge on any atom is 0.227 e. The Morgan fingerprint density at radius 1 is 0.811 bits per heavy atom. The molecule has 2 aromatic carbocycles. The van der Waals surface area contributed by atoms with Gasteiger partial charge in [0, 0.05) is 36.2 Å². The van der Waals surface area contributed by atoms with Gasteiger partial charge in [0.05, 0.1) is 39.3 Å². The monoisotopic (exact) mass is 584 g/mol. The van der Waals surface area contributed by atoms with E-state index in [4.69, 9.17) is 9.47 Å². The second-order valence-electron chi connectivity index (χ2n) is 10.2. The highest BCUT2D eigenvalue weighted by molar-refractivity contribution is 9.10. The normalized spacial score (nSPS) is 15.7. The first-order chi connectivity index (χ1) is 17.7. The predicted molar refractivity (Wildman–Crippen MR) is 153 cm³/mol. The van der Waals surface area contributed by atoms with E-state index in [1.165, 1.54) is 0 Å². The van der Waals surface area contributed by atoms with Crippen molar-refractivity contribution in [2.45, 2.75) is 32.5 Å². The Morgan fingerprint density at radius 3 is 1.78 bits per heavy atom. The van der Waals surface area contributed by atoms with Gasteiger partial charge in [-0.25, -0.2) is 0 Å². The van der Waals surface area contributed by atoms with Crippen molar-refractivity contribution in [2.75, 3.05) is 52.6 Å². The number of hydrogen-bond acceptors (Lipinski definition) is 4. The molecular weight excluding hydrogens is 548 g/mol. The molecule has 6 nitrogen and oxygen atoms in total. The summed E-state index contributed by atoms with van der Waals surface area (Å²) in [7, 11) is -1.37. The fraction of sp³-hybridized carbons (Fsp3) is 0.448. The van der Waals surface area contributed by atoms with Gasteiger partial charge in [-0.05, 0) is 35.4 Å². The van der Waals surface area contributed by atoms with Gasteiger partial charge in [-0.2, -0.15) is 0 Å². The van der Waals surface area contributed by atoms with Gasteiger partial charge in [-0.3, -0.25) is 9.59 Å². The van der Waals surface area contributed by atoms with Crippen LogP contribution in [0, 0.1) is 11.5 Å². The summed E-state index contributed by atoms with van der Waals surface area (Å²) in [6, 6.07) is 15.9. The minimum Gasteiger partial charge on any atom is -0.378 e. The van der Waals surface area contributed by atoms with Crippen LogP contribution in [0.1, 0.15) is 16.7 Å². The first-order valence-corrected chi connectivity index (χ1v) is 17.1. The summed E-state index contributed by atoms with van der Waals surface area (Å²) in [5, 5.41) is 0. The van der Waals surface area contributed by atoms with Gasteiger partial charge < -0.3 is 19.3 Å². The standard InChI is InChI=1S/C17H23NO2Si.C12H14BrNO2/c1-21(2,3)12-7-15-5-4-6-16(13-15)14-17(19)18-8-10-20-11-9-18;13-11-3-1-2-10(8-11)9-12(15)14-4-6-16-7-5-14/h4-6,13H,8-11,14H2,1-3H3;1-3,8H,4-7,9H2. The Balaban J connectivity index is 0.000000213. The molecule has 8 heteroatoms. The van der Waals surface area contributed by atoms with Gasteiger partial charge in [-0.1, -0.05) is 65.8 Å². The number of benzene rings is 2. The second-order valence-corrected chi connectivity index (χ2v) is 15.8. The van der Waals surface area contributed by atoms with Gasteiger partial charge in [-0.15, -0.1) is 5.54 Å². The number of morpholine rings is 2. The molecule has 0 atom stereocenters. The van der Waals surface area contributed by atoms with Crippen LogP contribution in [0.15, 0.2) is 53.0 Å². The van der Waals surface area contributed by atoms with E-state index >= 15 is 0 Å². The van der Waals surface area contributed by atoms with Crippen LogP contribution in [-0.2, 0) is 31.9 Å². The average molecular weight is 586 g/mol. The molecule has 4 rings (SSSR count). The van der Waals surface area contributed by atoms with Crippen LogP contribution >= 0.6 is 15.9 Å². The predicted octanol–water partition coefficient (Wildman–Crippen LogP) is 4.17. The third-order valence-electron chi connectivity index (χ3n) is 5.84. The lowest BCUT2D eigenvalue weighted by Gasteiger charge is -2.26. The summed E-state index contributed by atoms with van der Waals surface area (Å²) >= 11 is 3.40. The van der Waals surface area contributed by atoms with Gasteiger partial charge in [0.2, 0.25) is 11.8 Å². The molecule has 2 saturated heterocycles. The molecule has 37 heavy (non-hydrogen) atoms. The van der Waals surface area contributed by atoms with Crippen molar-refractivity contribution in [2.24, 2.45) is 0 Å². The second kappa shape index (κ2) is 14.5. The average Bonchev–Trinajstić information content (AvgIpc) is 2.89. The van der Waals surface area contributed by atoms with Crippen molar-refractivity contribution in [3.63, 3.8) is 0 Å². The van der Waals surface area contributed by atoms with E-state index in [0.29, 0.717) is 65.4 Å². The first kappa shape index (κ1) is 29.1. The van der Waals surface area contributed by atoms with Crippen molar-refractivity contribution < 1.29 is 19.1 Å². The zero-order chi connectivity index (χ0) is 26.7. The highest BCUT2D eigenvalue weighted by Gasteiger charge is 2.18. The molecule has 198 valence electrons. The Labute approximate surface area is 230 Å². The fourth-order valence-electron chi connectivity index (χ4n) is 3.86. The molecule has 0 bridgehead atoms. The SMILES string of the molecule is C[Si](C)(C)C#Cc1cccc(CC(=O)N2CCOCC2)c1.O=C(Cc1cccc(Br)c1)N1CCOCC1. The third kappa shape index (κ3) is 10.8. The minimum absolute atomic E-state index is 0.175. The topological polar surface area (TPSA) is 59.1 Å². The van der Waals surface area contributed by atoms with Crippen LogP contribution in [0.2, 0.25) is 19.6 Å². The number of carbonyl (C=O) groups is 2. The van der Waals surface area contributed by atoms with Gasteiger partial charge in [0.15, 0.2) is 0 Å². The van der Waals surface area contributed by atoms with E-state index in [0.717, 1.165) is 21.2 Å². The lowest BCUT2D eigenvalue weighted by Crippen LogP contribution is -2.41. The van der Waals surface area contributed by atoms with Crippen molar-refractivity contribution in [1.82, 2.24) is 9.80 Å². The molecule has 0 spiro atoms. The van der Waals surface area contributed by atoms with E-state index in [2.05, 4.69) is 47.0 Å². The molecule has 0 aliphatic carbocycles. The van der Waals surface area contributed by atoms with Crippen LogP contribution in [0.5, 0.6) is 0 Å². The molecular formula is C29H37BrN2O4Si. The maximum atomic E-state index is 12.2. The zero-order valence-corrected chi connectivity index (χ0v) is 24.7. The molecule has 0 N–H and O–H groups in total. The summed E-state index contributed by atoms with van der Waals surface area (Å²) < 4.78 is 11.5. The molecule has 0 radical (unpaired) electrons. The van der Waals surface area contributed by atoms with Crippen LogP contribution in [0.3, 0.4) is 0 Å². The molecule has 2 aliphatic heterocycles. The minimum atomic E-state index is -1.37.